The Balaban J connectivity index is 3.71. The summed E-state index contributed by atoms with van der Waals surface area (Å²) in [5.41, 5.74) is 0. The summed E-state index contributed by atoms with van der Waals surface area (Å²) in [7, 11) is 0. The van der Waals surface area contributed by atoms with Gasteiger partial charge in [0.25, 0.3) is 0 Å². The molecular weight excluding hydrogens is 208 g/mol. The van der Waals surface area contributed by atoms with Gasteiger partial charge in [0.2, 0.25) is 11.8 Å². The van der Waals surface area contributed by atoms with Crippen molar-refractivity contribution in [3.63, 3.8) is 0 Å². The van der Waals surface area contributed by atoms with Crippen molar-refractivity contribution in [1.29, 1.82) is 5.26 Å². The molecule has 0 bridgehead atoms. The van der Waals surface area contributed by atoms with E-state index in [1.165, 1.54) is 0 Å². The average Bonchev–Trinajstić information content (AvgIpc) is 2.30. The van der Waals surface area contributed by atoms with E-state index in [-0.39, 0.29) is 24.9 Å². The lowest BCUT2D eigenvalue weighted by Crippen LogP contribution is -2.46. The molecule has 1 atom stereocenters. The summed E-state index contributed by atoms with van der Waals surface area (Å²) in [4.78, 5) is 22.5. The maximum atomic E-state index is 11.4. The molecule has 0 heterocycles. The first kappa shape index (κ1) is 14.4. The fourth-order valence-electron chi connectivity index (χ4n) is 0.940. The number of nitriles is 1. The third-order valence-corrected chi connectivity index (χ3v) is 1.88. The molecule has 1 unspecified atom stereocenters. The van der Waals surface area contributed by atoms with Crippen LogP contribution in [0.25, 0.3) is 0 Å². The van der Waals surface area contributed by atoms with Gasteiger partial charge in [0.05, 0.1) is 18.7 Å². The molecule has 0 saturated carbocycles. The summed E-state index contributed by atoms with van der Waals surface area (Å²) >= 11 is 0. The number of nitrogens with zero attached hydrogens (tertiary/aromatic N) is 1. The van der Waals surface area contributed by atoms with Gasteiger partial charge in [-0.15, -0.1) is 0 Å². The highest BCUT2D eigenvalue weighted by molar-refractivity contribution is 5.83. The normalized spacial score (nSPS) is 11.3. The zero-order chi connectivity index (χ0) is 12.4. The highest BCUT2D eigenvalue weighted by atomic mass is 16.2. The maximum absolute atomic E-state index is 11.4. The monoisotopic (exact) mass is 226 g/mol. The number of hydrogen-bond acceptors (Lipinski definition) is 4. The van der Waals surface area contributed by atoms with Crippen LogP contribution >= 0.6 is 0 Å². The Hall–Kier alpha value is -1.61. The second kappa shape index (κ2) is 8.68. The Labute approximate surface area is 95.4 Å². The van der Waals surface area contributed by atoms with E-state index in [4.69, 9.17) is 5.26 Å². The fraction of sp³-hybridized carbons (Fsp3) is 0.700. The van der Waals surface area contributed by atoms with E-state index in [0.29, 0.717) is 6.54 Å². The third-order valence-electron chi connectivity index (χ3n) is 1.88. The van der Waals surface area contributed by atoms with E-state index in [9.17, 15) is 9.59 Å². The van der Waals surface area contributed by atoms with Crippen molar-refractivity contribution >= 4 is 11.8 Å². The van der Waals surface area contributed by atoms with Crippen molar-refractivity contribution in [3.05, 3.63) is 0 Å². The SMILES string of the molecule is CCCNC(=O)C(C)NCC(=O)NCC#N. The minimum atomic E-state index is -0.417. The van der Waals surface area contributed by atoms with Crippen LogP contribution in [0.15, 0.2) is 0 Å². The fourth-order valence-corrected chi connectivity index (χ4v) is 0.940. The molecule has 0 aromatic rings. The summed E-state index contributed by atoms with van der Waals surface area (Å²) in [6, 6.07) is 1.38. The predicted octanol–water partition coefficient (Wildman–Crippen LogP) is -0.870. The van der Waals surface area contributed by atoms with Crippen LogP contribution in [-0.2, 0) is 9.59 Å². The number of carbonyl (C=O) groups excluding carboxylic acids is 2. The Bertz CT molecular complexity index is 272. The quantitative estimate of drug-likeness (QED) is 0.492. The van der Waals surface area contributed by atoms with Crippen molar-refractivity contribution in [2.45, 2.75) is 26.3 Å². The Morgan fingerprint density at radius 2 is 2.06 bits per heavy atom. The Kier molecular flexibility index (Phi) is 7.81. The van der Waals surface area contributed by atoms with Crippen molar-refractivity contribution in [1.82, 2.24) is 16.0 Å². The van der Waals surface area contributed by atoms with Gasteiger partial charge in [-0.05, 0) is 13.3 Å². The second-order valence-electron chi connectivity index (χ2n) is 3.33. The number of amides is 2. The Morgan fingerprint density at radius 3 is 2.62 bits per heavy atom. The van der Waals surface area contributed by atoms with Crippen LogP contribution in [0.1, 0.15) is 20.3 Å². The maximum Gasteiger partial charge on any atom is 0.236 e. The van der Waals surface area contributed by atoms with Gasteiger partial charge < -0.3 is 10.6 Å². The molecule has 2 amide bonds. The molecule has 3 N–H and O–H groups in total. The van der Waals surface area contributed by atoms with Crippen molar-refractivity contribution in [2.24, 2.45) is 0 Å². The van der Waals surface area contributed by atoms with E-state index in [1.807, 2.05) is 6.92 Å². The molecule has 0 aliphatic rings. The molecule has 0 spiro atoms. The van der Waals surface area contributed by atoms with Gasteiger partial charge in [-0.2, -0.15) is 5.26 Å². The molecule has 0 aliphatic heterocycles. The van der Waals surface area contributed by atoms with Crippen LogP contribution in [0.3, 0.4) is 0 Å². The predicted molar refractivity (Wildman–Crippen MR) is 59.4 cm³/mol. The van der Waals surface area contributed by atoms with Crippen LogP contribution in [0.2, 0.25) is 0 Å². The van der Waals surface area contributed by atoms with Crippen molar-refractivity contribution < 1.29 is 9.59 Å². The molecule has 6 nitrogen and oxygen atoms in total. The van der Waals surface area contributed by atoms with Gasteiger partial charge in [0.1, 0.15) is 6.54 Å². The van der Waals surface area contributed by atoms with Crippen LogP contribution in [0.5, 0.6) is 0 Å². The summed E-state index contributed by atoms with van der Waals surface area (Å²) in [5, 5.41) is 16.1. The zero-order valence-corrected chi connectivity index (χ0v) is 9.67. The van der Waals surface area contributed by atoms with Crippen LogP contribution in [-0.4, -0.2) is 37.5 Å². The molecule has 0 saturated heterocycles. The van der Waals surface area contributed by atoms with Crippen LogP contribution < -0.4 is 16.0 Å². The first-order valence-electron chi connectivity index (χ1n) is 5.26. The molecule has 0 rings (SSSR count). The zero-order valence-electron chi connectivity index (χ0n) is 9.67. The molecule has 0 fully saturated rings. The molecule has 6 heteroatoms. The average molecular weight is 226 g/mol. The molecule has 0 aliphatic carbocycles. The number of hydrogen-bond donors (Lipinski definition) is 3. The first-order valence-corrected chi connectivity index (χ1v) is 5.26. The lowest BCUT2D eigenvalue weighted by atomic mass is 10.3. The minimum Gasteiger partial charge on any atom is -0.355 e. The van der Waals surface area contributed by atoms with Gasteiger partial charge in [-0.3, -0.25) is 14.9 Å². The minimum absolute atomic E-state index is 0.0169. The van der Waals surface area contributed by atoms with E-state index in [1.54, 1.807) is 13.0 Å². The van der Waals surface area contributed by atoms with Gasteiger partial charge >= 0.3 is 0 Å². The molecule has 90 valence electrons. The van der Waals surface area contributed by atoms with Crippen molar-refractivity contribution in [2.75, 3.05) is 19.6 Å². The van der Waals surface area contributed by atoms with E-state index >= 15 is 0 Å². The smallest absolute Gasteiger partial charge is 0.236 e. The van der Waals surface area contributed by atoms with E-state index in [0.717, 1.165) is 6.42 Å². The highest BCUT2D eigenvalue weighted by Crippen LogP contribution is 1.82. The third kappa shape index (κ3) is 6.79. The van der Waals surface area contributed by atoms with Crippen molar-refractivity contribution in [3.8, 4) is 6.07 Å². The molecular formula is C10H18N4O2. The molecule has 0 aromatic carbocycles. The number of rotatable bonds is 7. The van der Waals surface area contributed by atoms with Crippen LogP contribution in [0.4, 0.5) is 0 Å². The lowest BCUT2D eigenvalue weighted by Gasteiger charge is -2.12. The first-order chi connectivity index (χ1) is 7.61. The lowest BCUT2D eigenvalue weighted by molar-refractivity contribution is -0.123. The van der Waals surface area contributed by atoms with Gasteiger partial charge in [0, 0.05) is 6.54 Å². The van der Waals surface area contributed by atoms with Gasteiger partial charge in [0.15, 0.2) is 0 Å². The number of carbonyl (C=O) groups is 2. The summed E-state index contributed by atoms with van der Waals surface area (Å²) in [5.74, 6) is -0.424. The summed E-state index contributed by atoms with van der Waals surface area (Å²) in [6.07, 6.45) is 0.876. The van der Waals surface area contributed by atoms with Gasteiger partial charge in [-0.25, -0.2) is 0 Å². The highest BCUT2D eigenvalue weighted by Gasteiger charge is 2.12. The molecule has 0 aromatic heterocycles. The van der Waals surface area contributed by atoms with Gasteiger partial charge in [-0.1, -0.05) is 6.92 Å². The topological polar surface area (TPSA) is 94.0 Å². The van der Waals surface area contributed by atoms with Crippen LogP contribution in [0, 0.1) is 11.3 Å². The largest absolute Gasteiger partial charge is 0.355 e. The van der Waals surface area contributed by atoms with E-state index in [2.05, 4.69) is 16.0 Å². The number of nitrogens with one attached hydrogen (secondary N) is 3. The van der Waals surface area contributed by atoms with E-state index < -0.39 is 6.04 Å². The second-order valence-corrected chi connectivity index (χ2v) is 3.33. The standard InChI is InChI=1S/C10H18N4O2/c1-3-5-13-10(16)8(2)14-7-9(15)12-6-4-11/h8,14H,3,5-7H2,1-2H3,(H,12,15)(H,13,16). The summed E-state index contributed by atoms with van der Waals surface area (Å²) in [6.45, 7) is 4.29. The Morgan fingerprint density at radius 1 is 1.38 bits per heavy atom. The molecule has 16 heavy (non-hydrogen) atoms. The molecule has 0 radical (unpaired) electrons. The summed E-state index contributed by atoms with van der Waals surface area (Å²) < 4.78 is 0.